The summed E-state index contributed by atoms with van der Waals surface area (Å²) in [5.74, 6) is -0.241. The summed E-state index contributed by atoms with van der Waals surface area (Å²) in [4.78, 5) is 15.0. The van der Waals surface area contributed by atoms with Gasteiger partial charge in [-0.3, -0.25) is 4.79 Å². The minimum atomic E-state index is -3.56. The monoisotopic (exact) mass is 271 g/mol. The average Bonchev–Trinajstić information content (AvgIpc) is 2.54. The molecule has 0 saturated carbocycles. The molecule has 1 aliphatic heterocycles. The molecule has 1 saturated heterocycles. The molecule has 8 heteroatoms. The third-order valence-corrected chi connectivity index (χ3v) is 4.41. The molecule has 2 heterocycles. The summed E-state index contributed by atoms with van der Waals surface area (Å²) in [6.07, 6.45) is 1.45. The Kier molecular flexibility index (Phi) is 3.22. The SMILES string of the molecule is CC(=O)Oc1cccnc1N1CCN(C)S1(=O)=O. The van der Waals surface area contributed by atoms with Gasteiger partial charge in [-0.05, 0) is 12.1 Å². The van der Waals surface area contributed by atoms with Gasteiger partial charge in [0.15, 0.2) is 11.6 Å². The quantitative estimate of drug-likeness (QED) is 0.708. The molecule has 0 N–H and O–H groups in total. The molecular weight excluding hydrogens is 258 g/mol. The van der Waals surface area contributed by atoms with Gasteiger partial charge in [-0.1, -0.05) is 0 Å². The summed E-state index contributed by atoms with van der Waals surface area (Å²) in [7, 11) is -2.07. The van der Waals surface area contributed by atoms with E-state index in [1.54, 1.807) is 6.07 Å². The summed E-state index contributed by atoms with van der Waals surface area (Å²) < 4.78 is 31.3. The van der Waals surface area contributed by atoms with Crippen molar-refractivity contribution >= 4 is 22.0 Å². The molecule has 0 spiro atoms. The topological polar surface area (TPSA) is 79.8 Å². The van der Waals surface area contributed by atoms with Crippen LogP contribution < -0.4 is 9.04 Å². The lowest BCUT2D eigenvalue weighted by molar-refractivity contribution is -0.131. The standard InChI is InChI=1S/C10H13N3O4S/c1-8(14)17-9-4-3-5-11-10(9)13-7-6-12(2)18(13,15)16/h3-5H,6-7H2,1-2H3. The molecule has 1 aromatic heterocycles. The number of hydrogen-bond donors (Lipinski definition) is 0. The molecule has 0 radical (unpaired) electrons. The molecule has 0 aromatic carbocycles. The van der Waals surface area contributed by atoms with E-state index in [0.29, 0.717) is 6.54 Å². The molecule has 7 nitrogen and oxygen atoms in total. The lowest BCUT2D eigenvalue weighted by atomic mass is 10.4. The number of esters is 1. The first kappa shape index (κ1) is 12.8. The van der Waals surface area contributed by atoms with Crippen molar-refractivity contribution in [2.75, 3.05) is 24.4 Å². The maximum Gasteiger partial charge on any atom is 0.308 e. The molecule has 98 valence electrons. The van der Waals surface area contributed by atoms with Crippen LogP contribution in [0.2, 0.25) is 0 Å². The van der Waals surface area contributed by atoms with Gasteiger partial charge in [0.1, 0.15) is 0 Å². The second-order valence-corrected chi connectivity index (χ2v) is 5.78. The van der Waals surface area contributed by atoms with Crippen LogP contribution in [0, 0.1) is 0 Å². The molecule has 1 aromatic rings. The highest BCUT2D eigenvalue weighted by Crippen LogP contribution is 2.30. The van der Waals surface area contributed by atoms with E-state index in [2.05, 4.69) is 4.98 Å². The number of ether oxygens (including phenoxy) is 1. The molecule has 2 rings (SSSR count). The van der Waals surface area contributed by atoms with E-state index in [1.807, 2.05) is 0 Å². The summed E-state index contributed by atoms with van der Waals surface area (Å²) in [5.41, 5.74) is 0. The smallest absolute Gasteiger partial charge is 0.308 e. The lowest BCUT2D eigenvalue weighted by Gasteiger charge is -2.18. The Labute approximate surface area is 105 Å². The van der Waals surface area contributed by atoms with Crippen molar-refractivity contribution in [3.8, 4) is 5.75 Å². The first-order chi connectivity index (χ1) is 8.43. The van der Waals surface area contributed by atoms with Crippen LogP contribution in [0.1, 0.15) is 6.92 Å². The van der Waals surface area contributed by atoms with E-state index < -0.39 is 16.2 Å². The van der Waals surface area contributed by atoms with Crippen molar-refractivity contribution < 1.29 is 17.9 Å². The van der Waals surface area contributed by atoms with E-state index in [9.17, 15) is 13.2 Å². The zero-order valence-electron chi connectivity index (χ0n) is 10.0. The Morgan fingerprint density at radius 1 is 1.44 bits per heavy atom. The lowest BCUT2D eigenvalue weighted by Crippen LogP contribution is -2.31. The van der Waals surface area contributed by atoms with Gasteiger partial charge in [0.25, 0.3) is 0 Å². The largest absolute Gasteiger partial charge is 0.423 e. The van der Waals surface area contributed by atoms with Gasteiger partial charge in [-0.15, -0.1) is 0 Å². The second-order valence-electron chi connectivity index (χ2n) is 3.82. The van der Waals surface area contributed by atoms with E-state index in [4.69, 9.17) is 4.74 Å². The van der Waals surface area contributed by atoms with Crippen molar-refractivity contribution in [3.63, 3.8) is 0 Å². The molecular formula is C10H13N3O4S. The van der Waals surface area contributed by atoms with Gasteiger partial charge in [-0.2, -0.15) is 12.7 Å². The maximum absolute atomic E-state index is 12.0. The number of pyridine rings is 1. The van der Waals surface area contributed by atoms with Crippen molar-refractivity contribution in [1.29, 1.82) is 0 Å². The van der Waals surface area contributed by atoms with Crippen LogP contribution >= 0.6 is 0 Å². The number of likely N-dealkylation sites (N-methyl/N-ethyl adjacent to an activating group) is 1. The summed E-state index contributed by atoms with van der Waals surface area (Å²) in [6.45, 7) is 1.91. The fourth-order valence-corrected chi connectivity index (χ4v) is 2.97. The Balaban J connectivity index is 2.43. The molecule has 1 fully saturated rings. The van der Waals surface area contributed by atoms with Crippen LogP contribution in [0.5, 0.6) is 5.75 Å². The summed E-state index contributed by atoms with van der Waals surface area (Å²) in [6, 6.07) is 3.09. The van der Waals surface area contributed by atoms with Crippen molar-refractivity contribution in [2.45, 2.75) is 6.92 Å². The minimum Gasteiger partial charge on any atom is -0.423 e. The molecule has 18 heavy (non-hydrogen) atoms. The van der Waals surface area contributed by atoms with Crippen LogP contribution in [0.15, 0.2) is 18.3 Å². The number of hydrogen-bond acceptors (Lipinski definition) is 5. The number of nitrogens with zero attached hydrogens (tertiary/aromatic N) is 3. The van der Waals surface area contributed by atoms with E-state index in [1.165, 1.54) is 30.5 Å². The highest BCUT2D eigenvalue weighted by molar-refractivity contribution is 7.90. The summed E-state index contributed by atoms with van der Waals surface area (Å²) >= 11 is 0. The third-order valence-electron chi connectivity index (χ3n) is 2.53. The fraction of sp³-hybridized carbons (Fsp3) is 0.400. The number of anilines is 1. The van der Waals surface area contributed by atoms with E-state index in [-0.39, 0.29) is 18.1 Å². The Bertz CT molecular complexity index is 572. The summed E-state index contributed by atoms with van der Waals surface area (Å²) in [5, 5.41) is 0. The first-order valence-corrected chi connectivity index (χ1v) is 6.70. The van der Waals surface area contributed by atoms with Gasteiger partial charge in [-0.25, -0.2) is 9.29 Å². The molecule has 0 atom stereocenters. The van der Waals surface area contributed by atoms with Crippen molar-refractivity contribution in [1.82, 2.24) is 9.29 Å². The van der Waals surface area contributed by atoms with E-state index >= 15 is 0 Å². The first-order valence-electron chi connectivity index (χ1n) is 5.30. The number of aromatic nitrogens is 1. The zero-order valence-corrected chi connectivity index (χ0v) is 10.8. The molecule has 1 aliphatic rings. The van der Waals surface area contributed by atoms with E-state index in [0.717, 1.165) is 4.31 Å². The highest BCUT2D eigenvalue weighted by Gasteiger charge is 2.36. The molecule has 0 unspecified atom stereocenters. The minimum absolute atomic E-state index is 0.136. The molecule has 0 aliphatic carbocycles. The molecule has 0 amide bonds. The van der Waals surface area contributed by atoms with Crippen LogP contribution in [0.3, 0.4) is 0 Å². The fourth-order valence-electron chi connectivity index (χ4n) is 1.65. The van der Waals surface area contributed by atoms with Crippen molar-refractivity contribution in [3.05, 3.63) is 18.3 Å². The number of rotatable bonds is 2. The normalized spacial score (nSPS) is 18.9. The number of carbonyl (C=O) groups excluding carboxylic acids is 1. The third kappa shape index (κ3) is 2.16. The van der Waals surface area contributed by atoms with Gasteiger partial charge in [0, 0.05) is 26.7 Å². The highest BCUT2D eigenvalue weighted by atomic mass is 32.2. The Hall–Kier alpha value is -1.67. The maximum atomic E-state index is 12.0. The van der Waals surface area contributed by atoms with Crippen LogP contribution in [0.4, 0.5) is 5.82 Å². The van der Waals surface area contributed by atoms with Gasteiger partial charge in [0.05, 0.1) is 6.54 Å². The second kappa shape index (κ2) is 4.54. The van der Waals surface area contributed by atoms with Crippen LogP contribution in [0.25, 0.3) is 0 Å². The van der Waals surface area contributed by atoms with Crippen molar-refractivity contribution in [2.24, 2.45) is 0 Å². The Morgan fingerprint density at radius 3 is 2.72 bits per heavy atom. The molecule has 0 bridgehead atoms. The average molecular weight is 271 g/mol. The van der Waals surface area contributed by atoms with Gasteiger partial charge in [0.2, 0.25) is 0 Å². The van der Waals surface area contributed by atoms with Crippen LogP contribution in [-0.4, -0.2) is 43.8 Å². The Morgan fingerprint density at radius 2 is 2.17 bits per heavy atom. The van der Waals surface area contributed by atoms with Crippen LogP contribution in [-0.2, 0) is 15.0 Å². The number of carbonyl (C=O) groups is 1. The zero-order chi connectivity index (χ0) is 13.3. The van der Waals surface area contributed by atoms with Gasteiger partial charge < -0.3 is 4.74 Å². The predicted molar refractivity (Wildman–Crippen MR) is 64.4 cm³/mol. The van der Waals surface area contributed by atoms with Gasteiger partial charge >= 0.3 is 16.2 Å². The predicted octanol–water partition coefficient (Wildman–Crippen LogP) is 0.00350.